The third-order valence-electron chi connectivity index (χ3n) is 2.12. The lowest BCUT2D eigenvalue weighted by molar-refractivity contribution is 0.476. The van der Waals surface area contributed by atoms with Crippen LogP contribution in [0.4, 0.5) is 5.69 Å². The second kappa shape index (κ2) is 5.51. The van der Waals surface area contributed by atoms with E-state index in [0.29, 0.717) is 5.69 Å². The molecule has 0 aliphatic heterocycles. The smallest absolute Gasteiger partial charge is 0.201 e. The molecule has 5 N–H and O–H groups in total. The van der Waals surface area contributed by atoms with E-state index in [0.717, 1.165) is 12.0 Å². The fourth-order valence-corrected chi connectivity index (χ4v) is 1.15. The molecular weight excluding hydrogens is 218 g/mol. The molecule has 0 saturated carbocycles. The molecule has 0 fully saturated rings. The lowest BCUT2D eigenvalue weighted by Crippen LogP contribution is -2.21. The van der Waals surface area contributed by atoms with E-state index in [-0.39, 0.29) is 11.5 Å². The molecule has 0 spiro atoms. The first-order valence-corrected chi connectivity index (χ1v) is 4.98. The second-order valence-corrected chi connectivity index (χ2v) is 3.30. The summed E-state index contributed by atoms with van der Waals surface area (Å²) < 4.78 is 0. The topological polar surface area (TPSA) is 118 Å². The molecule has 0 amide bonds. The zero-order chi connectivity index (χ0) is 12.8. The highest BCUT2D eigenvalue weighted by Gasteiger charge is 2.03. The van der Waals surface area contributed by atoms with Crippen molar-refractivity contribution in [3.63, 3.8) is 0 Å². The van der Waals surface area contributed by atoms with E-state index >= 15 is 0 Å². The van der Waals surface area contributed by atoms with Gasteiger partial charge in [0.05, 0.1) is 5.69 Å². The van der Waals surface area contributed by atoms with E-state index in [1.165, 1.54) is 0 Å². The van der Waals surface area contributed by atoms with Crippen LogP contribution in [0, 0.1) is 16.7 Å². The number of nitrogens with two attached hydrogens (primary N) is 1. The van der Waals surface area contributed by atoms with Crippen LogP contribution < -0.4 is 11.2 Å². The minimum Gasteiger partial charge on any atom is -0.506 e. The van der Waals surface area contributed by atoms with Crippen LogP contribution in [0.15, 0.2) is 23.3 Å². The summed E-state index contributed by atoms with van der Waals surface area (Å²) in [4.78, 5) is 0. The van der Waals surface area contributed by atoms with Crippen LogP contribution in [-0.2, 0) is 6.42 Å². The highest BCUT2D eigenvalue weighted by atomic mass is 16.3. The number of nitrogens with one attached hydrogen (secondary N) is 2. The number of anilines is 1. The molecule has 17 heavy (non-hydrogen) atoms. The Morgan fingerprint density at radius 3 is 2.82 bits per heavy atom. The fraction of sp³-hybridized carbons (Fsp3) is 0.182. The predicted octanol–water partition coefficient (Wildman–Crippen LogP) is 1.18. The normalized spacial score (nSPS) is 10.7. The molecular formula is C11H13N5O. The Morgan fingerprint density at radius 1 is 1.65 bits per heavy atom. The number of benzene rings is 1. The van der Waals surface area contributed by atoms with Crippen molar-refractivity contribution in [2.24, 2.45) is 10.8 Å². The Hall–Kier alpha value is -2.55. The lowest BCUT2D eigenvalue weighted by Gasteiger charge is -2.05. The van der Waals surface area contributed by atoms with Gasteiger partial charge in [-0.2, -0.15) is 10.4 Å². The summed E-state index contributed by atoms with van der Waals surface area (Å²) in [6.45, 7) is 1.98. The average molecular weight is 231 g/mol. The summed E-state index contributed by atoms with van der Waals surface area (Å²) in [7, 11) is 0. The van der Waals surface area contributed by atoms with Gasteiger partial charge in [-0.1, -0.05) is 13.0 Å². The van der Waals surface area contributed by atoms with Crippen LogP contribution in [0.5, 0.6) is 5.75 Å². The molecule has 0 unspecified atom stereocenters. The number of hydrogen-bond donors (Lipinski definition) is 4. The largest absolute Gasteiger partial charge is 0.506 e. The number of hydrogen-bond acceptors (Lipinski definition) is 5. The molecule has 0 aliphatic carbocycles. The summed E-state index contributed by atoms with van der Waals surface area (Å²) in [5.74, 6) is -0.390. The van der Waals surface area contributed by atoms with Gasteiger partial charge < -0.3 is 10.8 Å². The molecule has 0 aromatic heterocycles. The maximum atomic E-state index is 9.65. The number of phenols is 1. The number of nitrogens with zero attached hydrogens (tertiary/aromatic N) is 2. The molecule has 1 aromatic rings. The van der Waals surface area contributed by atoms with Gasteiger partial charge in [0.2, 0.25) is 5.71 Å². The summed E-state index contributed by atoms with van der Waals surface area (Å²) >= 11 is 0. The third kappa shape index (κ3) is 3.21. The highest BCUT2D eigenvalue weighted by molar-refractivity contribution is 6.45. The van der Waals surface area contributed by atoms with Gasteiger partial charge >= 0.3 is 0 Å². The number of hydrazone groups is 1. The lowest BCUT2D eigenvalue weighted by atomic mass is 10.1. The van der Waals surface area contributed by atoms with Crippen LogP contribution in [-0.4, -0.2) is 16.7 Å². The maximum absolute atomic E-state index is 9.65. The van der Waals surface area contributed by atoms with Gasteiger partial charge in [0.1, 0.15) is 11.8 Å². The van der Waals surface area contributed by atoms with E-state index in [2.05, 4.69) is 10.5 Å². The molecule has 88 valence electrons. The van der Waals surface area contributed by atoms with E-state index in [1.807, 2.05) is 13.0 Å². The van der Waals surface area contributed by atoms with Crippen molar-refractivity contribution in [1.82, 2.24) is 0 Å². The Kier molecular flexibility index (Phi) is 4.06. The summed E-state index contributed by atoms with van der Waals surface area (Å²) in [6.07, 6.45) is 0.813. The Labute approximate surface area is 98.9 Å². The van der Waals surface area contributed by atoms with Crippen molar-refractivity contribution >= 4 is 17.2 Å². The minimum absolute atomic E-state index is 0.0361. The van der Waals surface area contributed by atoms with Crippen molar-refractivity contribution in [2.45, 2.75) is 13.3 Å². The second-order valence-electron chi connectivity index (χ2n) is 3.30. The van der Waals surface area contributed by atoms with Crippen LogP contribution >= 0.6 is 0 Å². The van der Waals surface area contributed by atoms with Crippen molar-refractivity contribution in [1.29, 1.82) is 10.7 Å². The Morgan fingerprint density at radius 2 is 2.35 bits per heavy atom. The van der Waals surface area contributed by atoms with Gasteiger partial charge in [0.25, 0.3) is 0 Å². The number of aromatic hydroxyl groups is 1. The predicted molar refractivity (Wildman–Crippen MR) is 66.1 cm³/mol. The molecule has 0 bridgehead atoms. The molecule has 1 aromatic carbocycles. The van der Waals surface area contributed by atoms with E-state index in [9.17, 15) is 5.11 Å². The zero-order valence-corrected chi connectivity index (χ0v) is 9.36. The van der Waals surface area contributed by atoms with E-state index in [1.54, 1.807) is 18.2 Å². The molecule has 0 atom stereocenters. The first-order chi connectivity index (χ1) is 8.08. The zero-order valence-electron chi connectivity index (χ0n) is 9.36. The average Bonchev–Trinajstić information content (AvgIpc) is 2.31. The van der Waals surface area contributed by atoms with Crippen molar-refractivity contribution < 1.29 is 5.11 Å². The summed E-state index contributed by atoms with van der Waals surface area (Å²) in [6, 6.07) is 6.76. The van der Waals surface area contributed by atoms with Crippen molar-refractivity contribution in [3.8, 4) is 11.8 Å². The van der Waals surface area contributed by atoms with Crippen LogP contribution in [0.25, 0.3) is 0 Å². The van der Waals surface area contributed by atoms with Crippen LogP contribution in [0.1, 0.15) is 12.5 Å². The maximum Gasteiger partial charge on any atom is 0.201 e. The number of nitriles is 1. The van der Waals surface area contributed by atoms with Crippen molar-refractivity contribution in [2.75, 3.05) is 5.43 Å². The van der Waals surface area contributed by atoms with Gasteiger partial charge in [-0.3, -0.25) is 10.8 Å². The molecule has 0 radical (unpaired) electrons. The molecule has 0 aliphatic rings. The van der Waals surface area contributed by atoms with Gasteiger partial charge in [-0.25, -0.2) is 0 Å². The van der Waals surface area contributed by atoms with Crippen molar-refractivity contribution in [3.05, 3.63) is 23.8 Å². The van der Waals surface area contributed by atoms with Gasteiger partial charge in [-0.05, 0) is 24.1 Å². The molecule has 1 rings (SSSR count). The first kappa shape index (κ1) is 12.5. The van der Waals surface area contributed by atoms with Gasteiger partial charge in [0.15, 0.2) is 5.84 Å². The standard InChI is InChI=1S/C11H13N5O/c1-2-7-3-4-8(10(17)5-7)15-16-9(6-12)11(13)14/h3-5,15,17H,2H2,1H3,(H3,13,14)/b16-9+. The number of amidine groups is 1. The summed E-state index contributed by atoms with van der Waals surface area (Å²) in [5.41, 5.74) is 8.73. The number of phenolic OH excluding ortho intramolecular Hbond substituents is 1. The fourth-order valence-electron chi connectivity index (χ4n) is 1.15. The molecule has 6 heteroatoms. The quantitative estimate of drug-likeness (QED) is 0.269. The van der Waals surface area contributed by atoms with Gasteiger partial charge in [-0.15, -0.1) is 0 Å². The SMILES string of the molecule is CCc1ccc(N/N=C(\C#N)C(=N)N)c(O)c1. The minimum atomic E-state index is -0.426. The third-order valence-corrected chi connectivity index (χ3v) is 2.12. The number of aryl methyl sites for hydroxylation is 1. The summed E-state index contributed by atoms with van der Waals surface area (Å²) in [5, 5.41) is 29.0. The van der Waals surface area contributed by atoms with Crippen LogP contribution in [0.2, 0.25) is 0 Å². The van der Waals surface area contributed by atoms with Crippen LogP contribution in [0.3, 0.4) is 0 Å². The Balaban J connectivity index is 2.90. The monoisotopic (exact) mass is 231 g/mol. The Bertz CT molecular complexity index is 501. The van der Waals surface area contributed by atoms with E-state index in [4.69, 9.17) is 16.4 Å². The molecule has 6 nitrogen and oxygen atoms in total. The van der Waals surface area contributed by atoms with Gasteiger partial charge in [0, 0.05) is 0 Å². The first-order valence-electron chi connectivity index (χ1n) is 4.98. The highest BCUT2D eigenvalue weighted by Crippen LogP contribution is 2.24. The molecule has 0 heterocycles. The molecule has 0 saturated heterocycles. The van der Waals surface area contributed by atoms with E-state index < -0.39 is 5.84 Å². The number of rotatable bonds is 4.